The maximum Gasteiger partial charge on any atom is 0.287 e. The first-order valence-electron chi connectivity index (χ1n) is 3.97. The molecule has 0 saturated heterocycles. The molecule has 4 nitrogen and oxygen atoms in total. The predicted molar refractivity (Wildman–Crippen MR) is 49.2 cm³/mol. The fraction of sp³-hybridized carbons (Fsp3) is 0.375. The van der Waals surface area contributed by atoms with Gasteiger partial charge in [0.1, 0.15) is 12.4 Å². The second-order valence-corrected chi connectivity index (χ2v) is 2.84. The Morgan fingerprint density at radius 2 is 2.21 bits per heavy atom. The number of pyridine rings is 1. The van der Waals surface area contributed by atoms with E-state index < -0.39 is 19.1 Å². The van der Waals surface area contributed by atoms with Crippen LogP contribution in [0.1, 0.15) is 0 Å². The number of nitrogens with one attached hydrogen (secondary N) is 1. The molecule has 0 saturated carbocycles. The van der Waals surface area contributed by atoms with Crippen LogP contribution in [-0.4, -0.2) is 29.2 Å². The maximum absolute atomic E-state index is 12.6. The smallest absolute Gasteiger partial charge is 0.287 e. The Kier molecular flexibility index (Phi) is 3.19. The van der Waals surface area contributed by atoms with Gasteiger partial charge in [-0.15, -0.1) is 0 Å². The third-order valence-electron chi connectivity index (χ3n) is 1.55. The number of anilines is 2. The molecule has 0 aliphatic rings. The first kappa shape index (κ1) is 10.6. The fourth-order valence-corrected chi connectivity index (χ4v) is 0.786. The largest absolute Gasteiger partial charge is 0.397 e. The number of aromatic nitrogens is 1. The van der Waals surface area contributed by atoms with E-state index in [0.717, 1.165) is 0 Å². The Hall–Kier alpha value is -1.43. The van der Waals surface area contributed by atoms with Crippen LogP contribution in [0.4, 0.5) is 20.3 Å². The number of nitrogens with two attached hydrogens (primary N) is 1. The molecule has 1 rings (SSSR count). The van der Waals surface area contributed by atoms with Crippen molar-refractivity contribution in [2.75, 3.05) is 24.2 Å². The standard InChI is InChI=1S/C8H11F2N3O/c9-8(10,5-14)4-13-7-2-1-6(11)3-12-7/h1-3,14H,4-5,11H2,(H,12,13). The van der Waals surface area contributed by atoms with Gasteiger partial charge in [0.2, 0.25) is 0 Å². The Labute approximate surface area is 79.8 Å². The number of hydrogen-bond acceptors (Lipinski definition) is 4. The fourth-order valence-electron chi connectivity index (χ4n) is 0.786. The molecule has 0 radical (unpaired) electrons. The van der Waals surface area contributed by atoms with Crippen LogP contribution in [0.5, 0.6) is 0 Å². The molecule has 4 N–H and O–H groups in total. The van der Waals surface area contributed by atoms with Crippen LogP contribution < -0.4 is 11.1 Å². The van der Waals surface area contributed by atoms with Crippen molar-refractivity contribution in [3.63, 3.8) is 0 Å². The monoisotopic (exact) mass is 203 g/mol. The average Bonchev–Trinajstić information content (AvgIpc) is 2.17. The normalized spacial score (nSPS) is 11.4. The van der Waals surface area contributed by atoms with Crippen LogP contribution in [0.2, 0.25) is 0 Å². The molecule has 0 bridgehead atoms. The van der Waals surface area contributed by atoms with Gasteiger partial charge in [-0.1, -0.05) is 0 Å². The van der Waals surface area contributed by atoms with E-state index in [2.05, 4.69) is 10.3 Å². The van der Waals surface area contributed by atoms with Gasteiger partial charge in [-0.3, -0.25) is 0 Å². The van der Waals surface area contributed by atoms with Crippen LogP contribution in [0, 0.1) is 0 Å². The Morgan fingerprint density at radius 1 is 1.50 bits per heavy atom. The van der Waals surface area contributed by atoms with Crippen molar-refractivity contribution < 1.29 is 13.9 Å². The van der Waals surface area contributed by atoms with Crippen molar-refractivity contribution in [3.8, 4) is 0 Å². The van der Waals surface area contributed by atoms with Gasteiger partial charge in [-0.05, 0) is 12.1 Å². The van der Waals surface area contributed by atoms with Crippen LogP contribution in [0.15, 0.2) is 18.3 Å². The lowest BCUT2D eigenvalue weighted by molar-refractivity contribution is -0.0373. The zero-order chi connectivity index (χ0) is 10.6. The zero-order valence-corrected chi connectivity index (χ0v) is 7.37. The molecule has 0 aliphatic heterocycles. The van der Waals surface area contributed by atoms with Crippen molar-refractivity contribution in [2.45, 2.75) is 5.92 Å². The summed E-state index contributed by atoms with van der Waals surface area (Å²) in [6, 6.07) is 3.04. The summed E-state index contributed by atoms with van der Waals surface area (Å²) < 4.78 is 25.1. The molecule has 0 fully saturated rings. The van der Waals surface area contributed by atoms with Crippen molar-refractivity contribution in [3.05, 3.63) is 18.3 Å². The lowest BCUT2D eigenvalue weighted by atomic mass is 10.3. The van der Waals surface area contributed by atoms with Crippen molar-refractivity contribution in [2.24, 2.45) is 0 Å². The minimum atomic E-state index is -3.14. The molecule has 1 heterocycles. The van der Waals surface area contributed by atoms with Gasteiger partial charge in [0, 0.05) is 0 Å². The first-order chi connectivity index (χ1) is 6.53. The van der Waals surface area contributed by atoms with Crippen molar-refractivity contribution in [1.29, 1.82) is 0 Å². The van der Waals surface area contributed by atoms with Crippen LogP contribution in [0.25, 0.3) is 0 Å². The third-order valence-corrected chi connectivity index (χ3v) is 1.55. The summed E-state index contributed by atoms with van der Waals surface area (Å²) in [5.41, 5.74) is 5.82. The SMILES string of the molecule is Nc1ccc(NCC(F)(F)CO)nc1. The van der Waals surface area contributed by atoms with E-state index >= 15 is 0 Å². The van der Waals surface area contributed by atoms with E-state index in [1.165, 1.54) is 12.3 Å². The van der Waals surface area contributed by atoms with Gasteiger partial charge in [-0.2, -0.15) is 0 Å². The number of alkyl halides is 2. The highest BCUT2D eigenvalue weighted by Crippen LogP contribution is 2.13. The average molecular weight is 203 g/mol. The molecule has 14 heavy (non-hydrogen) atoms. The van der Waals surface area contributed by atoms with E-state index in [1.807, 2.05) is 0 Å². The second kappa shape index (κ2) is 4.19. The molecular weight excluding hydrogens is 192 g/mol. The second-order valence-electron chi connectivity index (χ2n) is 2.84. The Bertz CT molecular complexity index is 289. The lowest BCUT2D eigenvalue weighted by Gasteiger charge is -2.14. The van der Waals surface area contributed by atoms with Gasteiger partial charge in [0.25, 0.3) is 5.92 Å². The number of hydrogen-bond donors (Lipinski definition) is 3. The van der Waals surface area contributed by atoms with Gasteiger partial charge in [0.05, 0.1) is 18.4 Å². The summed E-state index contributed by atoms with van der Waals surface area (Å²) in [6.45, 7) is -1.84. The van der Waals surface area contributed by atoms with E-state index in [1.54, 1.807) is 6.07 Å². The molecule has 1 aromatic heterocycles. The summed E-state index contributed by atoms with van der Waals surface area (Å²) in [7, 11) is 0. The molecule has 0 aromatic carbocycles. The summed E-state index contributed by atoms with van der Waals surface area (Å²) in [4.78, 5) is 3.76. The topological polar surface area (TPSA) is 71.2 Å². The van der Waals surface area contributed by atoms with Gasteiger partial charge in [-0.25, -0.2) is 13.8 Å². The number of halogens is 2. The third kappa shape index (κ3) is 3.14. The molecule has 0 unspecified atom stereocenters. The summed E-state index contributed by atoms with van der Waals surface area (Å²) in [6.07, 6.45) is 1.36. The van der Waals surface area contributed by atoms with Gasteiger partial charge >= 0.3 is 0 Å². The summed E-state index contributed by atoms with van der Waals surface area (Å²) in [5, 5.41) is 10.7. The summed E-state index contributed by atoms with van der Waals surface area (Å²) in [5.74, 6) is -2.84. The quantitative estimate of drug-likeness (QED) is 0.673. The van der Waals surface area contributed by atoms with Gasteiger partial charge < -0.3 is 16.2 Å². The van der Waals surface area contributed by atoms with Gasteiger partial charge in [0.15, 0.2) is 0 Å². The summed E-state index contributed by atoms with van der Waals surface area (Å²) >= 11 is 0. The minimum absolute atomic E-state index is 0.298. The minimum Gasteiger partial charge on any atom is -0.397 e. The number of aliphatic hydroxyl groups is 1. The number of aliphatic hydroxyl groups excluding tert-OH is 1. The zero-order valence-electron chi connectivity index (χ0n) is 7.37. The molecule has 0 spiro atoms. The highest BCUT2D eigenvalue weighted by Gasteiger charge is 2.27. The van der Waals surface area contributed by atoms with Crippen molar-refractivity contribution in [1.82, 2.24) is 4.98 Å². The molecule has 6 heteroatoms. The Morgan fingerprint density at radius 3 is 2.71 bits per heavy atom. The van der Waals surface area contributed by atoms with Crippen LogP contribution in [0.3, 0.4) is 0 Å². The molecule has 1 aromatic rings. The highest BCUT2D eigenvalue weighted by atomic mass is 19.3. The molecule has 0 atom stereocenters. The predicted octanol–water partition coefficient (Wildman–Crippen LogP) is 0.703. The van der Waals surface area contributed by atoms with E-state index in [9.17, 15) is 8.78 Å². The van der Waals surface area contributed by atoms with E-state index in [-0.39, 0.29) is 0 Å². The maximum atomic E-state index is 12.6. The van der Waals surface area contributed by atoms with Crippen LogP contribution in [-0.2, 0) is 0 Å². The number of nitrogen functional groups attached to an aromatic ring is 1. The Balaban J connectivity index is 2.50. The first-order valence-corrected chi connectivity index (χ1v) is 3.97. The van der Waals surface area contributed by atoms with Crippen molar-refractivity contribution >= 4 is 11.5 Å². The highest BCUT2D eigenvalue weighted by molar-refractivity contribution is 5.43. The lowest BCUT2D eigenvalue weighted by Crippen LogP contribution is -2.31. The number of rotatable bonds is 4. The molecule has 0 aliphatic carbocycles. The molecule has 78 valence electrons. The molecular formula is C8H11F2N3O. The van der Waals surface area contributed by atoms with Crippen LogP contribution >= 0.6 is 0 Å². The van der Waals surface area contributed by atoms with E-state index in [0.29, 0.717) is 11.5 Å². The van der Waals surface area contributed by atoms with E-state index in [4.69, 9.17) is 10.8 Å². The number of nitrogens with zero attached hydrogens (tertiary/aromatic N) is 1. The molecule has 0 amide bonds.